The molecule has 7 heteroatoms. The maximum Gasteiger partial charge on any atom is 0.414 e. The molecular weight excluding hydrogens is 372 g/mol. The van der Waals surface area contributed by atoms with Gasteiger partial charge in [-0.2, -0.15) is 0 Å². The molecule has 2 amide bonds. The Morgan fingerprint density at radius 1 is 1.14 bits per heavy atom. The SMILES string of the molecule is COc1ccc(CCCC(=O)NCC2CN(c3ccccc3)C(=O)O2)cc1OC. The molecule has 0 aromatic heterocycles. The first kappa shape index (κ1) is 20.5. The Morgan fingerprint density at radius 2 is 1.90 bits per heavy atom. The van der Waals surface area contributed by atoms with E-state index in [0.29, 0.717) is 37.4 Å². The van der Waals surface area contributed by atoms with Crippen molar-refractivity contribution in [3.05, 3.63) is 54.1 Å². The van der Waals surface area contributed by atoms with Crippen molar-refractivity contribution in [2.45, 2.75) is 25.4 Å². The molecule has 154 valence electrons. The summed E-state index contributed by atoms with van der Waals surface area (Å²) >= 11 is 0. The molecule has 0 bridgehead atoms. The van der Waals surface area contributed by atoms with E-state index in [0.717, 1.165) is 17.7 Å². The second-order valence-electron chi connectivity index (χ2n) is 6.80. The Hall–Kier alpha value is -3.22. The first-order chi connectivity index (χ1) is 14.1. The number of ether oxygens (including phenoxy) is 3. The molecule has 1 atom stereocenters. The third kappa shape index (κ3) is 5.40. The second kappa shape index (κ2) is 9.82. The van der Waals surface area contributed by atoms with Gasteiger partial charge in [0, 0.05) is 12.1 Å². The number of aryl methyl sites for hydroxylation is 1. The number of cyclic esters (lactones) is 1. The molecule has 1 unspecified atom stereocenters. The van der Waals surface area contributed by atoms with E-state index in [1.165, 1.54) is 0 Å². The zero-order chi connectivity index (χ0) is 20.6. The predicted molar refractivity (Wildman–Crippen MR) is 110 cm³/mol. The standard InChI is InChI=1S/C22H26N2O5/c1-27-19-12-11-16(13-20(19)28-2)7-6-10-21(25)23-14-18-15-24(22(26)29-18)17-8-4-3-5-9-17/h3-5,8-9,11-13,18H,6-7,10,14-15H2,1-2H3,(H,23,25). The zero-order valence-corrected chi connectivity index (χ0v) is 16.7. The molecule has 0 radical (unpaired) electrons. The van der Waals surface area contributed by atoms with Gasteiger partial charge in [0.2, 0.25) is 5.91 Å². The van der Waals surface area contributed by atoms with Gasteiger partial charge in [-0.15, -0.1) is 0 Å². The van der Waals surface area contributed by atoms with Crippen molar-refractivity contribution in [3.63, 3.8) is 0 Å². The van der Waals surface area contributed by atoms with Crippen LogP contribution in [0, 0.1) is 0 Å². The highest BCUT2D eigenvalue weighted by atomic mass is 16.6. The molecule has 1 aliphatic heterocycles. The van der Waals surface area contributed by atoms with Gasteiger partial charge in [-0.3, -0.25) is 9.69 Å². The molecule has 0 spiro atoms. The number of hydrogen-bond donors (Lipinski definition) is 1. The van der Waals surface area contributed by atoms with Crippen molar-refractivity contribution >= 4 is 17.7 Å². The van der Waals surface area contributed by atoms with Crippen LogP contribution in [0.1, 0.15) is 18.4 Å². The zero-order valence-electron chi connectivity index (χ0n) is 16.7. The smallest absolute Gasteiger partial charge is 0.414 e. The van der Waals surface area contributed by atoms with Gasteiger partial charge in [0.25, 0.3) is 0 Å². The van der Waals surface area contributed by atoms with Crippen LogP contribution >= 0.6 is 0 Å². The summed E-state index contributed by atoms with van der Waals surface area (Å²) in [5.74, 6) is 1.31. The third-order valence-corrected chi connectivity index (χ3v) is 4.79. The van der Waals surface area contributed by atoms with Crippen molar-refractivity contribution < 1.29 is 23.8 Å². The van der Waals surface area contributed by atoms with Crippen LogP contribution in [0.3, 0.4) is 0 Å². The number of benzene rings is 2. The fraction of sp³-hybridized carbons (Fsp3) is 0.364. The number of methoxy groups -OCH3 is 2. The molecule has 1 aliphatic rings. The van der Waals surface area contributed by atoms with Crippen LogP contribution in [-0.2, 0) is 16.0 Å². The lowest BCUT2D eigenvalue weighted by molar-refractivity contribution is -0.121. The van der Waals surface area contributed by atoms with E-state index in [1.807, 2.05) is 48.5 Å². The number of nitrogens with one attached hydrogen (secondary N) is 1. The summed E-state index contributed by atoms with van der Waals surface area (Å²) in [7, 11) is 3.20. The lowest BCUT2D eigenvalue weighted by Gasteiger charge is -2.13. The summed E-state index contributed by atoms with van der Waals surface area (Å²) < 4.78 is 15.9. The molecule has 1 saturated heterocycles. The van der Waals surface area contributed by atoms with E-state index in [2.05, 4.69) is 5.32 Å². The maximum absolute atomic E-state index is 12.1. The Balaban J connectivity index is 1.40. The number of hydrogen-bond acceptors (Lipinski definition) is 5. The molecular formula is C22H26N2O5. The average molecular weight is 398 g/mol. The minimum Gasteiger partial charge on any atom is -0.493 e. The summed E-state index contributed by atoms with van der Waals surface area (Å²) in [4.78, 5) is 25.7. The fourth-order valence-electron chi connectivity index (χ4n) is 3.25. The number of carbonyl (C=O) groups excluding carboxylic acids is 2. The molecule has 0 aliphatic carbocycles. The Bertz CT molecular complexity index is 840. The molecule has 1 fully saturated rings. The Labute approximate surface area is 170 Å². The Morgan fingerprint density at radius 3 is 2.62 bits per heavy atom. The van der Waals surface area contributed by atoms with Crippen LogP contribution in [0.2, 0.25) is 0 Å². The van der Waals surface area contributed by atoms with Gasteiger partial charge in [0.1, 0.15) is 6.10 Å². The number of nitrogens with zero attached hydrogens (tertiary/aromatic N) is 1. The summed E-state index contributed by atoms with van der Waals surface area (Å²) in [5, 5.41) is 2.86. The van der Waals surface area contributed by atoms with Crippen LogP contribution in [0.15, 0.2) is 48.5 Å². The first-order valence-corrected chi connectivity index (χ1v) is 9.61. The van der Waals surface area contributed by atoms with Crippen molar-refractivity contribution in [3.8, 4) is 11.5 Å². The van der Waals surface area contributed by atoms with Gasteiger partial charge in [0.15, 0.2) is 11.5 Å². The lowest BCUT2D eigenvalue weighted by Crippen LogP contribution is -2.34. The van der Waals surface area contributed by atoms with E-state index in [4.69, 9.17) is 14.2 Å². The summed E-state index contributed by atoms with van der Waals surface area (Å²) in [5.41, 5.74) is 1.87. The van der Waals surface area contributed by atoms with E-state index in [-0.39, 0.29) is 18.1 Å². The number of carbonyl (C=O) groups is 2. The fourth-order valence-corrected chi connectivity index (χ4v) is 3.25. The van der Waals surface area contributed by atoms with E-state index >= 15 is 0 Å². The normalized spacial score (nSPS) is 15.7. The molecule has 3 rings (SSSR count). The quantitative estimate of drug-likeness (QED) is 0.702. The monoisotopic (exact) mass is 398 g/mol. The minimum absolute atomic E-state index is 0.0558. The second-order valence-corrected chi connectivity index (χ2v) is 6.80. The van der Waals surface area contributed by atoms with Gasteiger partial charge >= 0.3 is 6.09 Å². The summed E-state index contributed by atoms with van der Waals surface area (Å²) in [6.07, 6.45) is 1.13. The van der Waals surface area contributed by atoms with Gasteiger partial charge in [-0.1, -0.05) is 24.3 Å². The third-order valence-electron chi connectivity index (χ3n) is 4.79. The number of anilines is 1. The van der Waals surface area contributed by atoms with Crippen molar-refractivity contribution in [1.29, 1.82) is 0 Å². The van der Waals surface area contributed by atoms with Crippen LogP contribution in [0.5, 0.6) is 11.5 Å². The molecule has 1 heterocycles. The molecule has 0 saturated carbocycles. The van der Waals surface area contributed by atoms with E-state index < -0.39 is 0 Å². The number of amides is 2. The van der Waals surface area contributed by atoms with Gasteiger partial charge in [0.05, 0.1) is 27.3 Å². The molecule has 1 N–H and O–H groups in total. The van der Waals surface area contributed by atoms with Crippen LogP contribution in [0.4, 0.5) is 10.5 Å². The maximum atomic E-state index is 12.1. The first-order valence-electron chi connectivity index (χ1n) is 9.61. The lowest BCUT2D eigenvalue weighted by atomic mass is 10.1. The molecule has 7 nitrogen and oxygen atoms in total. The van der Waals surface area contributed by atoms with Gasteiger partial charge in [-0.25, -0.2) is 4.79 Å². The highest BCUT2D eigenvalue weighted by molar-refractivity contribution is 5.89. The minimum atomic E-state index is -0.385. The highest BCUT2D eigenvalue weighted by Crippen LogP contribution is 2.28. The number of para-hydroxylation sites is 1. The average Bonchev–Trinajstić information content (AvgIpc) is 3.13. The van der Waals surface area contributed by atoms with Crippen molar-refractivity contribution in [2.75, 3.05) is 32.2 Å². The van der Waals surface area contributed by atoms with Gasteiger partial charge < -0.3 is 19.5 Å². The summed E-state index contributed by atoms with van der Waals surface area (Å²) in [6.45, 7) is 0.735. The van der Waals surface area contributed by atoms with Crippen molar-refractivity contribution in [2.24, 2.45) is 0 Å². The largest absolute Gasteiger partial charge is 0.493 e. The Kier molecular flexibility index (Phi) is 6.94. The molecule has 2 aromatic carbocycles. The van der Waals surface area contributed by atoms with Crippen molar-refractivity contribution in [1.82, 2.24) is 5.32 Å². The molecule has 29 heavy (non-hydrogen) atoms. The number of rotatable bonds is 9. The van der Waals surface area contributed by atoms with Crippen LogP contribution in [0.25, 0.3) is 0 Å². The van der Waals surface area contributed by atoms with Crippen LogP contribution in [-0.4, -0.2) is 45.4 Å². The predicted octanol–water partition coefficient (Wildman–Crippen LogP) is 3.17. The van der Waals surface area contributed by atoms with Gasteiger partial charge in [-0.05, 0) is 42.7 Å². The van der Waals surface area contributed by atoms with E-state index in [1.54, 1.807) is 19.1 Å². The van der Waals surface area contributed by atoms with E-state index in [9.17, 15) is 9.59 Å². The van der Waals surface area contributed by atoms with Crippen LogP contribution < -0.4 is 19.7 Å². The molecule has 2 aromatic rings. The topological polar surface area (TPSA) is 77.1 Å². The summed E-state index contributed by atoms with van der Waals surface area (Å²) in [6, 6.07) is 15.1. The highest BCUT2D eigenvalue weighted by Gasteiger charge is 2.32.